The van der Waals surface area contributed by atoms with Gasteiger partial charge in [-0.1, -0.05) is 227 Å². The second-order valence-electron chi connectivity index (χ2n) is 16.3. The monoisotopic (exact) mass is 955 g/mol. The number of esters is 2. The molecule has 0 amide bonds. The largest absolute Gasteiger partial charge is 0.462 e. The molecule has 0 saturated heterocycles. The Morgan fingerprint density at radius 3 is 0.943 bits per heavy atom. The molecule has 5 nitrogen and oxygen atoms in total. The van der Waals surface area contributed by atoms with E-state index in [1.54, 1.807) is 0 Å². The molecular formula is C65H94O5. The van der Waals surface area contributed by atoms with Crippen molar-refractivity contribution in [2.24, 2.45) is 0 Å². The van der Waals surface area contributed by atoms with Gasteiger partial charge in [-0.2, -0.15) is 0 Å². The third-order valence-electron chi connectivity index (χ3n) is 9.84. The first-order valence-corrected chi connectivity index (χ1v) is 26.6. The second kappa shape index (κ2) is 57.8. The van der Waals surface area contributed by atoms with Crippen molar-refractivity contribution in [1.82, 2.24) is 0 Å². The minimum absolute atomic E-state index is 0.0346. The number of rotatable bonds is 45. The Labute approximate surface area is 428 Å². The lowest BCUT2D eigenvalue weighted by atomic mass is 10.2. The molecule has 1 unspecified atom stereocenters. The zero-order valence-corrected chi connectivity index (χ0v) is 43.9. The number of hydrogen-bond acceptors (Lipinski definition) is 5. The van der Waals surface area contributed by atoms with E-state index in [0.29, 0.717) is 13.0 Å². The highest BCUT2D eigenvalue weighted by Crippen LogP contribution is 2.06. The van der Waals surface area contributed by atoms with Crippen LogP contribution in [0.15, 0.2) is 207 Å². The molecule has 0 rings (SSSR count). The van der Waals surface area contributed by atoms with E-state index in [-0.39, 0.29) is 38.0 Å². The normalized spacial score (nSPS) is 13.9. The van der Waals surface area contributed by atoms with E-state index in [2.05, 4.69) is 209 Å². The predicted octanol–water partition coefficient (Wildman–Crippen LogP) is 18.6. The first-order valence-electron chi connectivity index (χ1n) is 26.6. The molecule has 0 aromatic carbocycles. The fourth-order valence-corrected chi connectivity index (χ4v) is 6.04. The molecule has 0 aromatic rings. The molecule has 0 radical (unpaired) electrons. The van der Waals surface area contributed by atoms with Gasteiger partial charge in [0.05, 0.1) is 13.0 Å². The summed E-state index contributed by atoms with van der Waals surface area (Å²) in [6.07, 6.45) is 91.7. The van der Waals surface area contributed by atoms with Gasteiger partial charge in [0.1, 0.15) is 6.61 Å². The average molecular weight is 955 g/mol. The van der Waals surface area contributed by atoms with Crippen LogP contribution in [0.4, 0.5) is 0 Å². The summed E-state index contributed by atoms with van der Waals surface area (Å²) in [6.45, 7) is 7.10. The summed E-state index contributed by atoms with van der Waals surface area (Å²) in [5.41, 5.74) is 0. The van der Waals surface area contributed by atoms with Crippen LogP contribution in [0.3, 0.4) is 0 Å². The zero-order chi connectivity index (χ0) is 50.6. The van der Waals surface area contributed by atoms with Crippen molar-refractivity contribution in [3.63, 3.8) is 0 Å². The second-order valence-corrected chi connectivity index (χ2v) is 16.3. The molecule has 0 N–H and O–H groups in total. The van der Waals surface area contributed by atoms with Crippen molar-refractivity contribution < 1.29 is 23.8 Å². The van der Waals surface area contributed by atoms with Crippen molar-refractivity contribution in [1.29, 1.82) is 0 Å². The van der Waals surface area contributed by atoms with Crippen LogP contribution >= 0.6 is 0 Å². The van der Waals surface area contributed by atoms with E-state index in [4.69, 9.17) is 14.2 Å². The summed E-state index contributed by atoms with van der Waals surface area (Å²) in [5.74, 6) is -0.696. The van der Waals surface area contributed by atoms with Crippen LogP contribution in [0.25, 0.3) is 0 Å². The summed E-state index contributed by atoms with van der Waals surface area (Å²) >= 11 is 0. The van der Waals surface area contributed by atoms with Gasteiger partial charge in [-0.15, -0.1) is 0 Å². The van der Waals surface area contributed by atoms with Crippen LogP contribution in [0.1, 0.15) is 162 Å². The fraction of sp³-hybridized carbons (Fsp3) is 0.446. The molecule has 0 spiro atoms. The lowest BCUT2D eigenvalue weighted by Gasteiger charge is -2.18. The van der Waals surface area contributed by atoms with Crippen LogP contribution in [0.5, 0.6) is 0 Å². The Balaban J connectivity index is 4.66. The minimum atomic E-state index is -0.670. The van der Waals surface area contributed by atoms with Gasteiger partial charge in [0.25, 0.3) is 0 Å². The summed E-state index contributed by atoms with van der Waals surface area (Å²) in [5, 5.41) is 0. The summed E-state index contributed by atoms with van der Waals surface area (Å²) in [4.78, 5) is 25.4. The van der Waals surface area contributed by atoms with Gasteiger partial charge in [-0.25, -0.2) is 0 Å². The van der Waals surface area contributed by atoms with Crippen LogP contribution in [0, 0.1) is 0 Å². The van der Waals surface area contributed by atoms with Gasteiger partial charge in [0.2, 0.25) is 0 Å². The van der Waals surface area contributed by atoms with Crippen molar-refractivity contribution >= 4 is 11.9 Å². The molecule has 0 aliphatic heterocycles. The van der Waals surface area contributed by atoms with E-state index in [9.17, 15) is 9.59 Å². The summed E-state index contributed by atoms with van der Waals surface area (Å²) in [7, 11) is 0. The van der Waals surface area contributed by atoms with E-state index in [1.807, 2.05) is 18.2 Å². The SMILES string of the molecule is CC/C=C\C/C=C\C/C=C\C/C=C\C/C=C\C/C=C\CCCOCC(COC(=O)CC/C=C\C/C=C\C/C=C\C/C=C\C/C=C\C/C=C\CC)OC(=O)C/C=C\C/C=C\C/C=C\C/C=C\C/C=C\CC. The number of unbranched alkanes of at least 4 members (excludes halogenated alkanes) is 1. The molecule has 0 aromatic heterocycles. The first-order chi connectivity index (χ1) is 34.6. The minimum Gasteiger partial charge on any atom is -0.462 e. The molecule has 0 aliphatic carbocycles. The lowest BCUT2D eigenvalue weighted by Crippen LogP contribution is -2.29. The van der Waals surface area contributed by atoms with Gasteiger partial charge >= 0.3 is 11.9 Å². The van der Waals surface area contributed by atoms with Crippen LogP contribution < -0.4 is 0 Å². The topological polar surface area (TPSA) is 61.8 Å². The molecule has 0 saturated carbocycles. The maximum absolute atomic E-state index is 12.8. The highest BCUT2D eigenvalue weighted by atomic mass is 16.6. The number of carbonyl (C=O) groups is 2. The quantitative estimate of drug-likeness (QED) is 0.0346. The first kappa shape index (κ1) is 64.5. The Morgan fingerprint density at radius 1 is 0.329 bits per heavy atom. The van der Waals surface area contributed by atoms with E-state index in [0.717, 1.165) is 122 Å². The molecule has 5 heteroatoms. The van der Waals surface area contributed by atoms with Crippen LogP contribution in [0.2, 0.25) is 0 Å². The third-order valence-corrected chi connectivity index (χ3v) is 9.84. The third kappa shape index (κ3) is 55.1. The number of carbonyl (C=O) groups excluding carboxylic acids is 2. The number of hydrogen-bond donors (Lipinski definition) is 0. The maximum atomic E-state index is 12.8. The Kier molecular flexibility index (Phi) is 53.2. The molecule has 70 heavy (non-hydrogen) atoms. The summed E-state index contributed by atoms with van der Waals surface area (Å²) < 4.78 is 17.2. The van der Waals surface area contributed by atoms with E-state index >= 15 is 0 Å². The Hall–Kier alpha value is -5.52. The van der Waals surface area contributed by atoms with Gasteiger partial charge in [-0.3, -0.25) is 9.59 Å². The highest BCUT2D eigenvalue weighted by Gasteiger charge is 2.17. The molecule has 0 heterocycles. The lowest BCUT2D eigenvalue weighted by molar-refractivity contribution is -0.162. The molecule has 0 aliphatic rings. The predicted molar refractivity (Wildman–Crippen MR) is 306 cm³/mol. The van der Waals surface area contributed by atoms with Gasteiger partial charge in [0, 0.05) is 13.0 Å². The molecular weight excluding hydrogens is 861 g/mol. The van der Waals surface area contributed by atoms with Crippen molar-refractivity contribution in [3.8, 4) is 0 Å². The smallest absolute Gasteiger partial charge is 0.310 e. The number of ether oxygens (including phenoxy) is 3. The van der Waals surface area contributed by atoms with Gasteiger partial charge in [-0.05, 0) is 128 Å². The standard InChI is InChI=1S/C65H94O5/c1-4-7-10-13-16-19-22-25-28-30-32-34-36-39-42-45-48-51-54-57-60-68-61-63(70-65(67)59-56-53-50-47-44-41-37-27-24-21-18-15-12-9-6-3)62-69-64(66)58-55-52-49-46-43-40-38-35-33-31-29-26-23-20-17-14-11-8-5-2/h7-12,16-21,25-29,32-35,37,39-40,42-44,47-49,51-53,56,63H,4-6,13-15,22-24,30-31,36,38,41,45-46,50,54-55,57-62H2,1-3H3/b10-7-,11-8-,12-9-,19-16-,20-17-,21-18-,28-25-,29-26-,34-32-,35-33-,37-27-,42-39-,43-40-,47-44-,51-48-,52-49-,56-53-. The van der Waals surface area contributed by atoms with Crippen LogP contribution in [-0.2, 0) is 23.8 Å². The van der Waals surface area contributed by atoms with Crippen molar-refractivity contribution in [3.05, 3.63) is 207 Å². The van der Waals surface area contributed by atoms with Crippen LogP contribution in [-0.4, -0.2) is 37.9 Å². The number of allylic oxidation sites excluding steroid dienone is 33. The van der Waals surface area contributed by atoms with E-state index < -0.39 is 6.10 Å². The van der Waals surface area contributed by atoms with Gasteiger partial charge in [0.15, 0.2) is 6.10 Å². The maximum Gasteiger partial charge on any atom is 0.310 e. The highest BCUT2D eigenvalue weighted by molar-refractivity contribution is 5.71. The summed E-state index contributed by atoms with van der Waals surface area (Å²) in [6, 6.07) is 0. The molecule has 384 valence electrons. The van der Waals surface area contributed by atoms with Crippen molar-refractivity contribution in [2.75, 3.05) is 19.8 Å². The van der Waals surface area contributed by atoms with Crippen molar-refractivity contribution in [2.45, 2.75) is 168 Å². The Bertz CT molecular complexity index is 1740. The fourth-order valence-electron chi connectivity index (χ4n) is 6.04. The molecule has 0 bridgehead atoms. The average Bonchev–Trinajstić information content (AvgIpc) is 3.36. The molecule has 1 atom stereocenters. The zero-order valence-electron chi connectivity index (χ0n) is 43.9. The Morgan fingerprint density at radius 2 is 0.614 bits per heavy atom. The molecule has 0 fully saturated rings. The van der Waals surface area contributed by atoms with Gasteiger partial charge < -0.3 is 14.2 Å². The van der Waals surface area contributed by atoms with E-state index in [1.165, 1.54) is 0 Å².